The van der Waals surface area contributed by atoms with Gasteiger partial charge in [-0.2, -0.15) is 0 Å². The lowest BCUT2D eigenvalue weighted by Crippen LogP contribution is -2.17. The van der Waals surface area contributed by atoms with Gasteiger partial charge in [0.25, 0.3) is 5.56 Å². The summed E-state index contributed by atoms with van der Waals surface area (Å²) >= 11 is 0. The van der Waals surface area contributed by atoms with Gasteiger partial charge in [-0.25, -0.2) is 0 Å². The summed E-state index contributed by atoms with van der Waals surface area (Å²) in [6.07, 6.45) is 1.78. The van der Waals surface area contributed by atoms with E-state index in [0.29, 0.717) is 6.54 Å². The van der Waals surface area contributed by atoms with E-state index in [9.17, 15) is 4.79 Å². The van der Waals surface area contributed by atoms with Crippen molar-refractivity contribution in [3.8, 4) is 5.69 Å². The van der Waals surface area contributed by atoms with Crippen molar-refractivity contribution in [2.24, 2.45) is 5.73 Å². The highest BCUT2D eigenvalue weighted by Crippen LogP contribution is 2.04. The lowest BCUT2D eigenvalue weighted by atomic mass is 10.2. The molecule has 0 aliphatic carbocycles. The number of halogens is 1. The summed E-state index contributed by atoms with van der Waals surface area (Å²) in [4.78, 5) is 11.6. The third-order valence-corrected chi connectivity index (χ3v) is 2.24. The zero-order valence-corrected chi connectivity index (χ0v) is 9.48. The van der Waals surface area contributed by atoms with Crippen molar-refractivity contribution in [3.05, 3.63) is 64.6 Å². The second-order valence-corrected chi connectivity index (χ2v) is 3.29. The highest BCUT2D eigenvalue weighted by atomic mass is 35.5. The second kappa shape index (κ2) is 5.49. The van der Waals surface area contributed by atoms with Crippen LogP contribution in [0.4, 0.5) is 0 Å². The first-order chi connectivity index (χ1) is 7.31. The second-order valence-electron chi connectivity index (χ2n) is 3.29. The summed E-state index contributed by atoms with van der Waals surface area (Å²) < 4.78 is 1.60. The number of nitrogens with two attached hydrogens (primary N) is 1. The van der Waals surface area contributed by atoms with E-state index < -0.39 is 0 Å². The molecule has 1 aromatic heterocycles. The molecule has 0 radical (unpaired) electrons. The molecular weight excluding hydrogens is 224 g/mol. The number of aromatic nitrogens is 1. The highest BCUT2D eigenvalue weighted by molar-refractivity contribution is 5.85. The van der Waals surface area contributed by atoms with Crippen molar-refractivity contribution in [1.82, 2.24) is 4.57 Å². The smallest absolute Gasteiger partial charge is 0.255 e. The number of benzene rings is 1. The van der Waals surface area contributed by atoms with Crippen LogP contribution in [0.5, 0.6) is 0 Å². The van der Waals surface area contributed by atoms with Crippen LogP contribution in [-0.4, -0.2) is 4.57 Å². The first-order valence-electron chi connectivity index (χ1n) is 4.78. The largest absolute Gasteiger partial charge is 0.326 e. The number of rotatable bonds is 2. The van der Waals surface area contributed by atoms with Crippen LogP contribution in [0.1, 0.15) is 5.56 Å². The molecule has 4 heteroatoms. The quantitative estimate of drug-likeness (QED) is 0.863. The zero-order valence-electron chi connectivity index (χ0n) is 8.67. The average Bonchev–Trinajstić information content (AvgIpc) is 2.31. The number of para-hydroxylation sites is 1. The molecule has 0 bridgehead atoms. The van der Waals surface area contributed by atoms with Gasteiger partial charge in [-0.15, -0.1) is 12.4 Å². The van der Waals surface area contributed by atoms with E-state index in [0.717, 1.165) is 11.3 Å². The van der Waals surface area contributed by atoms with Crippen LogP contribution in [0.2, 0.25) is 0 Å². The van der Waals surface area contributed by atoms with E-state index in [4.69, 9.17) is 5.73 Å². The summed E-state index contributed by atoms with van der Waals surface area (Å²) in [7, 11) is 0. The Kier molecular flexibility index (Phi) is 4.28. The van der Waals surface area contributed by atoms with Gasteiger partial charge in [0.15, 0.2) is 0 Å². The van der Waals surface area contributed by atoms with Crippen molar-refractivity contribution < 1.29 is 0 Å². The minimum absolute atomic E-state index is 0. The van der Waals surface area contributed by atoms with E-state index in [2.05, 4.69) is 0 Å². The maximum absolute atomic E-state index is 11.6. The summed E-state index contributed by atoms with van der Waals surface area (Å²) in [5.41, 5.74) is 7.29. The van der Waals surface area contributed by atoms with Gasteiger partial charge < -0.3 is 5.73 Å². The molecule has 3 nitrogen and oxygen atoms in total. The third-order valence-electron chi connectivity index (χ3n) is 2.24. The van der Waals surface area contributed by atoms with E-state index in [1.165, 1.54) is 6.07 Å². The molecule has 2 aromatic rings. The van der Waals surface area contributed by atoms with Gasteiger partial charge in [0.2, 0.25) is 0 Å². The first-order valence-corrected chi connectivity index (χ1v) is 4.78. The summed E-state index contributed by atoms with van der Waals surface area (Å²) in [6, 6.07) is 12.8. The Morgan fingerprint density at radius 1 is 1.06 bits per heavy atom. The first kappa shape index (κ1) is 12.5. The van der Waals surface area contributed by atoms with Crippen molar-refractivity contribution in [2.75, 3.05) is 0 Å². The van der Waals surface area contributed by atoms with Gasteiger partial charge >= 0.3 is 0 Å². The third kappa shape index (κ3) is 2.51. The van der Waals surface area contributed by atoms with Crippen LogP contribution < -0.4 is 11.3 Å². The van der Waals surface area contributed by atoms with Crippen LogP contribution >= 0.6 is 12.4 Å². The van der Waals surface area contributed by atoms with Crippen LogP contribution in [-0.2, 0) is 6.54 Å². The number of hydrogen-bond acceptors (Lipinski definition) is 2. The Morgan fingerprint density at radius 3 is 2.38 bits per heavy atom. The van der Waals surface area contributed by atoms with Crippen molar-refractivity contribution in [3.63, 3.8) is 0 Å². The van der Waals surface area contributed by atoms with Crippen LogP contribution in [0, 0.1) is 0 Å². The normalized spacial score (nSPS) is 9.56. The highest BCUT2D eigenvalue weighted by Gasteiger charge is 1.99. The Bertz CT molecular complexity index is 508. The standard InChI is InChI=1S/C12H12N2O.ClH/c13-8-10-6-7-12(15)14(9-10)11-4-2-1-3-5-11;/h1-7,9H,8,13H2;1H. The average molecular weight is 237 g/mol. The minimum Gasteiger partial charge on any atom is -0.326 e. The molecule has 0 spiro atoms. The maximum Gasteiger partial charge on any atom is 0.255 e. The molecule has 0 unspecified atom stereocenters. The predicted octanol–water partition coefficient (Wildman–Crippen LogP) is 1.72. The van der Waals surface area contributed by atoms with Gasteiger partial charge in [-0.1, -0.05) is 24.3 Å². The molecule has 2 N–H and O–H groups in total. The number of nitrogens with zero attached hydrogens (tertiary/aromatic N) is 1. The van der Waals surface area contributed by atoms with Crippen molar-refractivity contribution in [1.29, 1.82) is 0 Å². The van der Waals surface area contributed by atoms with Crippen molar-refractivity contribution in [2.45, 2.75) is 6.54 Å². The molecule has 0 saturated heterocycles. The minimum atomic E-state index is -0.0431. The zero-order chi connectivity index (χ0) is 10.7. The molecule has 0 fully saturated rings. The molecule has 0 aliphatic rings. The fourth-order valence-electron chi connectivity index (χ4n) is 1.44. The molecule has 0 saturated carbocycles. The molecule has 2 rings (SSSR count). The molecule has 0 amide bonds. The van der Waals surface area contributed by atoms with E-state index in [1.54, 1.807) is 16.8 Å². The molecule has 16 heavy (non-hydrogen) atoms. The Hall–Kier alpha value is -1.58. The van der Waals surface area contributed by atoms with E-state index >= 15 is 0 Å². The predicted molar refractivity (Wildman–Crippen MR) is 67.2 cm³/mol. The van der Waals surface area contributed by atoms with Gasteiger partial charge in [0, 0.05) is 24.5 Å². The van der Waals surface area contributed by atoms with Crippen LogP contribution in [0.3, 0.4) is 0 Å². The topological polar surface area (TPSA) is 48.0 Å². The monoisotopic (exact) mass is 236 g/mol. The van der Waals surface area contributed by atoms with E-state index in [1.807, 2.05) is 30.3 Å². The number of hydrogen-bond donors (Lipinski definition) is 1. The molecule has 84 valence electrons. The summed E-state index contributed by atoms with van der Waals surface area (Å²) in [5, 5.41) is 0. The van der Waals surface area contributed by atoms with Gasteiger partial charge in [-0.05, 0) is 17.7 Å². The SMILES string of the molecule is Cl.NCc1ccc(=O)n(-c2ccccc2)c1. The van der Waals surface area contributed by atoms with Crippen molar-refractivity contribution >= 4 is 12.4 Å². The summed E-state index contributed by atoms with van der Waals surface area (Å²) in [6.45, 7) is 0.438. The van der Waals surface area contributed by atoms with E-state index in [-0.39, 0.29) is 18.0 Å². The lowest BCUT2D eigenvalue weighted by molar-refractivity contribution is 0.940. The molecule has 0 atom stereocenters. The fraction of sp³-hybridized carbons (Fsp3) is 0.0833. The van der Waals surface area contributed by atoms with Gasteiger partial charge in [-0.3, -0.25) is 9.36 Å². The summed E-state index contributed by atoms with van der Waals surface area (Å²) in [5.74, 6) is 0. The number of pyridine rings is 1. The molecule has 0 aliphatic heterocycles. The Morgan fingerprint density at radius 2 is 1.75 bits per heavy atom. The Labute approximate surface area is 99.9 Å². The van der Waals surface area contributed by atoms with Crippen LogP contribution in [0.25, 0.3) is 5.69 Å². The molecule has 1 heterocycles. The lowest BCUT2D eigenvalue weighted by Gasteiger charge is -2.06. The Balaban J connectivity index is 0.00000128. The van der Waals surface area contributed by atoms with Crippen LogP contribution in [0.15, 0.2) is 53.5 Å². The fourth-order valence-corrected chi connectivity index (χ4v) is 1.44. The van der Waals surface area contributed by atoms with Gasteiger partial charge in [0.05, 0.1) is 0 Å². The maximum atomic E-state index is 11.6. The molecule has 1 aromatic carbocycles. The molecular formula is C12H13ClN2O. The van der Waals surface area contributed by atoms with Gasteiger partial charge in [0.1, 0.15) is 0 Å².